The van der Waals surface area contributed by atoms with Crippen molar-refractivity contribution in [3.8, 4) is 23.0 Å². The van der Waals surface area contributed by atoms with Gasteiger partial charge in [0.1, 0.15) is 5.88 Å². The maximum atomic E-state index is 11.1. The Bertz CT molecular complexity index is 946. The lowest BCUT2D eigenvalue weighted by Gasteiger charge is -2.11. The first kappa shape index (κ1) is 31.2. The number of para-hydroxylation sites is 2. The summed E-state index contributed by atoms with van der Waals surface area (Å²) in [7, 11) is 2.89. The Hall–Kier alpha value is -3.79. The number of phenols is 1. The maximum absolute atomic E-state index is 11.1. The summed E-state index contributed by atoms with van der Waals surface area (Å²) in [6, 6.07) is 9.64. The molecule has 2 aromatic carbocycles. The van der Waals surface area contributed by atoms with Crippen molar-refractivity contribution in [1.82, 2.24) is 0 Å². The van der Waals surface area contributed by atoms with Gasteiger partial charge in [-0.05, 0) is 38.1 Å². The highest BCUT2D eigenvalue weighted by molar-refractivity contribution is 6.26. The van der Waals surface area contributed by atoms with Crippen LogP contribution in [0.25, 0.3) is 0 Å². The molecule has 0 atom stereocenters. The number of ether oxygens (including phenoxy) is 5. The highest BCUT2D eigenvalue weighted by Crippen LogP contribution is 2.30. The Morgan fingerprint density at radius 1 is 0.857 bits per heavy atom. The fourth-order valence-corrected chi connectivity index (χ4v) is 2.35. The standard InChI is InChI=1S/C12H14O5.C8H8O3.C4H7ClO2/c1-3-16-11(14)8-17-12-9(7-13)5-4-6-10(12)15-2;1-11-7-4-2-3-6(5-9)8(7)10;1-2-7-4(6)3-5/h4-7H,3,8H2,1-2H3;2-5,10H,1H3;2-3H2,1H3. The predicted molar refractivity (Wildman–Crippen MR) is 128 cm³/mol. The highest BCUT2D eigenvalue weighted by Gasteiger charge is 2.12. The summed E-state index contributed by atoms with van der Waals surface area (Å²) in [5, 5.41) is 9.23. The van der Waals surface area contributed by atoms with Gasteiger partial charge in [0.25, 0.3) is 0 Å². The van der Waals surface area contributed by atoms with Gasteiger partial charge in [-0.3, -0.25) is 14.4 Å². The Kier molecular flexibility index (Phi) is 16.6. The van der Waals surface area contributed by atoms with Crippen molar-refractivity contribution in [2.24, 2.45) is 0 Å². The van der Waals surface area contributed by atoms with E-state index in [9.17, 15) is 24.3 Å². The van der Waals surface area contributed by atoms with Crippen LogP contribution in [0, 0.1) is 0 Å². The lowest BCUT2D eigenvalue weighted by atomic mass is 10.2. The molecule has 0 amide bonds. The minimum absolute atomic E-state index is 0.0478. The number of phenolic OH excluding ortho intramolecular Hbond substituents is 1. The Labute approximate surface area is 208 Å². The summed E-state index contributed by atoms with van der Waals surface area (Å²) in [5.74, 6) is -0.0376. The number of carbonyl (C=O) groups excluding carboxylic acids is 4. The van der Waals surface area contributed by atoms with Crippen LogP contribution in [-0.2, 0) is 19.1 Å². The number of hydrogen-bond donors (Lipinski definition) is 1. The molecular weight excluding hydrogens is 484 g/mol. The number of rotatable bonds is 10. The van der Waals surface area contributed by atoms with Gasteiger partial charge in [-0.1, -0.05) is 12.1 Å². The van der Waals surface area contributed by atoms with E-state index in [0.717, 1.165) is 0 Å². The number of halogens is 1. The van der Waals surface area contributed by atoms with Crippen molar-refractivity contribution in [2.75, 3.05) is 39.9 Å². The van der Waals surface area contributed by atoms with E-state index < -0.39 is 5.97 Å². The number of alkyl halides is 1. The normalized spacial score (nSPS) is 9.17. The lowest BCUT2D eigenvalue weighted by Crippen LogP contribution is -2.15. The Morgan fingerprint density at radius 3 is 1.83 bits per heavy atom. The zero-order valence-electron chi connectivity index (χ0n) is 19.9. The molecule has 11 heteroatoms. The quantitative estimate of drug-likeness (QED) is 0.286. The molecule has 0 unspecified atom stereocenters. The van der Waals surface area contributed by atoms with Crippen molar-refractivity contribution in [1.29, 1.82) is 0 Å². The summed E-state index contributed by atoms with van der Waals surface area (Å²) < 4.78 is 24.2. The number of hydrogen-bond acceptors (Lipinski definition) is 10. The molecule has 0 radical (unpaired) electrons. The van der Waals surface area contributed by atoms with Crippen LogP contribution < -0.4 is 14.2 Å². The molecule has 0 saturated heterocycles. The van der Waals surface area contributed by atoms with Gasteiger partial charge in [-0.2, -0.15) is 0 Å². The van der Waals surface area contributed by atoms with Crippen LogP contribution in [0.5, 0.6) is 23.0 Å². The average Bonchev–Trinajstić information content (AvgIpc) is 2.88. The van der Waals surface area contributed by atoms with E-state index in [1.807, 2.05) is 0 Å². The van der Waals surface area contributed by atoms with Gasteiger partial charge in [0.05, 0.1) is 38.6 Å². The largest absolute Gasteiger partial charge is 0.504 e. The van der Waals surface area contributed by atoms with Gasteiger partial charge in [0.2, 0.25) is 0 Å². The SMILES string of the molecule is CCOC(=O)CCl.CCOC(=O)COc1c(C=O)cccc1OC.COc1cccc(C=O)c1O. The van der Waals surface area contributed by atoms with Crippen molar-refractivity contribution < 1.29 is 48.0 Å². The summed E-state index contributed by atoms with van der Waals surface area (Å²) in [5.41, 5.74) is 0.568. The zero-order valence-corrected chi connectivity index (χ0v) is 20.7. The minimum atomic E-state index is -0.491. The smallest absolute Gasteiger partial charge is 0.344 e. The molecule has 192 valence electrons. The van der Waals surface area contributed by atoms with Crippen LogP contribution in [0.3, 0.4) is 0 Å². The third-order valence-corrected chi connectivity index (χ3v) is 4.01. The van der Waals surface area contributed by atoms with E-state index in [1.54, 1.807) is 44.2 Å². The van der Waals surface area contributed by atoms with Crippen LogP contribution in [0.2, 0.25) is 0 Å². The zero-order chi connectivity index (χ0) is 26.6. The molecule has 0 heterocycles. The second-order valence-corrected chi connectivity index (χ2v) is 6.31. The minimum Gasteiger partial charge on any atom is -0.504 e. The molecule has 0 fully saturated rings. The molecule has 0 aliphatic rings. The van der Waals surface area contributed by atoms with Gasteiger partial charge in [0, 0.05) is 0 Å². The van der Waals surface area contributed by atoms with Crippen molar-refractivity contribution in [3.05, 3.63) is 47.5 Å². The van der Waals surface area contributed by atoms with Gasteiger partial charge in [0.15, 0.2) is 42.2 Å². The van der Waals surface area contributed by atoms with E-state index >= 15 is 0 Å². The lowest BCUT2D eigenvalue weighted by molar-refractivity contribution is -0.145. The van der Waals surface area contributed by atoms with E-state index in [-0.39, 0.29) is 42.1 Å². The summed E-state index contributed by atoms with van der Waals surface area (Å²) in [6.07, 6.45) is 1.22. The van der Waals surface area contributed by atoms with Crippen LogP contribution in [0.4, 0.5) is 0 Å². The Morgan fingerprint density at radius 2 is 1.37 bits per heavy atom. The second kappa shape index (κ2) is 18.6. The fraction of sp³-hybridized carbons (Fsp3) is 0.333. The van der Waals surface area contributed by atoms with Gasteiger partial charge in [-0.25, -0.2) is 4.79 Å². The first-order valence-electron chi connectivity index (χ1n) is 10.3. The summed E-state index contributed by atoms with van der Waals surface area (Å²) >= 11 is 5.06. The molecule has 0 bridgehead atoms. The average molecular weight is 513 g/mol. The molecule has 10 nitrogen and oxygen atoms in total. The monoisotopic (exact) mass is 512 g/mol. The van der Waals surface area contributed by atoms with E-state index in [2.05, 4.69) is 4.74 Å². The molecule has 0 aromatic heterocycles. The topological polar surface area (TPSA) is 135 Å². The predicted octanol–water partition coefficient (Wildman–Crippen LogP) is 3.45. The first-order valence-corrected chi connectivity index (χ1v) is 10.8. The van der Waals surface area contributed by atoms with Gasteiger partial charge < -0.3 is 28.8 Å². The molecule has 2 aromatic rings. The maximum Gasteiger partial charge on any atom is 0.344 e. The van der Waals surface area contributed by atoms with Gasteiger partial charge >= 0.3 is 11.9 Å². The number of methoxy groups -OCH3 is 2. The van der Waals surface area contributed by atoms with Crippen LogP contribution in [0.15, 0.2) is 36.4 Å². The van der Waals surface area contributed by atoms with Crippen molar-refractivity contribution in [3.63, 3.8) is 0 Å². The van der Waals surface area contributed by atoms with Crippen molar-refractivity contribution in [2.45, 2.75) is 13.8 Å². The van der Waals surface area contributed by atoms with Crippen molar-refractivity contribution >= 4 is 36.1 Å². The van der Waals surface area contributed by atoms with Crippen LogP contribution >= 0.6 is 11.6 Å². The molecule has 1 N–H and O–H groups in total. The first-order chi connectivity index (χ1) is 16.8. The molecule has 0 spiro atoms. The Balaban J connectivity index is 0.000000550. The second-order valence-electron chi connectivity index (χ2n) is 6.04. The third-order valence-electron chi connectivity index (χ3n) is 3.79. The number of aldehydes is 2. The molecule has 0 saturated carbocycles. The number of benzene rings is 2. The number of carbonyl (C=O) groups is 4. The summed E-state index contributed by atoms with van der Waals surface area (Å²) in [6.45, 7) is 3.89. The molecule has 0 aliphatic heterocycles. The van der Waals surface area contributed by atoms with Gasteiger partial charge in [-0.15, -0.1) is 11.6 Å². The molecular formula is C24H29ClO10. The highest BCUT2D eigenvalue weighted by atomic mass is 35.5. The summed E-state index contributed by atoms with van der Waals surface area (Å²) in [4.78, 5) is 42.3. The fourth-order valence-electron chi connectivity index (χ4n) is 2.27. The molecule has 0 aliphatic carbocycles. The number of aromatic hydroxyl groups is 1. The van der Waals surface area contributed by atoms with Crippen LogP contribution in [0.1, 0.15) is 34.6 Å². The van der Waals surface area contributed by atoms with E-state index in [1.165, 1.54) is 20.3 Å². The molecule has 35 heavy (non-hydrogen) atoms. The van der Waals surface area contributed by atoms with E-state index in [4.69, 9.17) is 30.5 Å². The van der Waals surface area contributed by atoms with Crippen LogP contribution in [-0.4, -0.2) is 69.5 Å². The molecule has 2 rings (SSSR count). The van der Waals surface area contributed by atoms with E-state index in [0.29, 0.717) is 36.2 Å². The third kappa shape index (κ3) is 11.8. The number of esters is 2.